The summed E-state index contributed by atoms with van der Waals surface area (Å²) < 4.78 is 26.0. The Labute approximate surface area is 193 Å². The normalized spacial score (nSPS) is 14.2. The Morgan fingerprint density at radius 1 is 1.18 bits per heavy atom. The van der Waals surface area contributed by atoms with E-state index >= 15 is 0 Å². The number of aromatic nitrogens is 2. The van der Waals surface area contributed by atoms with E-state index in [4.69, 9.17) is 9.47 Å². The number of hydrogen-bond donors (Lipinski definition) is 0. The zero-order chi connectivity index (χ0) is 23.0. The largest absolute Gasteiger partial charge is 0.497 e. The molecule has 3 aromatic rings. The van der Waals surface area contributed by atoms with E-state index in [0.717, 1.165) is 31.0 Å². The molecule has 33 heavy (non-hydrogen) atoms. The second-order valence-electron chi connectivity index (χ2n) is 8.01. The molecule has 1 aliphatic heterocycles. The minimum Gasteiger partial charge on any atom is -0.497 e. The predicted molar refractivity (Wildman–Crippen MR) is 123 cm³/mol. The van der Waals surface area contributed by atoms with Crippen LogP contribution in [0.25, 0.3) is 0 Å². The van der Waals surface area contributed by atoms with E-state index in [2.05, 4.69) is 9.88 Å². The number of rotatable bonds is 9. The van der Waals surface area contributed by atoms with Crippen LogP contribution in [-0.4, -0.2) is 71.8 Å². The van der Waals surface area contributed by atoms with Gasteiger partial charge in [0.25, 0.3) is 5.91 Å². The van der Waals surface area contributed by atoms with Crippen molar-refractivity contribution in [1.29, 1.82) is 0 Å². The van der Waals surface area contributed by atoms with Gasteiger partial charge < -0.3 is 18.9 Å². The van der Waals surface area contributed by atoms with Crippen molar-refractivity contribution in [3.8, 4) is 5.75 Å². The molecule has 0 radical (unpaired) electrons. The predicted octanol–water partition coefficient (Wildman–Crippen LogP) is 3.05. The molecular formula is C25H29FN4O3. The minimum atomic E-state index is -0.261. The third-order valence-corrected chi connectivity index (χ3v) is 5.79. The number of hydrogen-bond acceptors (Lipinski definition) is 5. The zero-order valence-corrected chi connectivity index (χ0v) is 18.8. The SMILES string of the molecule is COc1cccc(C(=O)N(CCN2CCOCC2)Cc2nccn2Cc2ccc(F)cc2)c1. The van der Waals surface area contributed by atoms with Gasteiger partial charge in [-0.2, -0.15) is 0 Å². The molecule has 1 aromatic heterocycles. The van der Waals surface area contributed by atoms with Gasteiger partial charge in [0.05, 0.1) is 26.9 Å². The lowest BCUT2D eigenvalue weighted by atomic mass is 10.2. The minimum absolute atomic E-state index is 0.0708. The van der Waals surface area contributed by atoms with Gasteiger partial charge in [-0.1, -0.05) is 18.2 Å². The summed E-state index contributed by atoms with van der Waals surface area (Å²) in [6.07, 6.45) is 3.61. The van der Waals surface area contributed by atoms with Gasteiger partial charge in [-0.15, -0.1) is 0 Å². The fraction of sp³-hybridized carbons (Fsp3) is 0.360. The molecule has 0 atom stereocenters. The molecule has 1 fully saturated rings. The highest BCUT2D eigenvalue weighted by Crippen LogP contribution is 2.17. The Hall–Kier alpha value is -3.23. The van der Waals surface area contributed by atoms with Crippen molar-refractivity contribution in [1.82, 2.24) is 19.4 Å². The van der Waals surface area contributed by atoms with Crippen molar-refractivity contribution in [2.45, 2.75) is 13.1 Å². The van der Waals surface area contributed by atoms with Crippen molar-refractivity contribution in [3.63, 3.8) is 0 Å². The van der Waals surface area contributed by atoms with Gasteiger partial charge in [0, 0.05) is 50.7 Å². The molecule has 2 heterocycles. The first-order valence-electron chi connectivity index (χ1n) is 11.1. The van der Waals surface area contributed by atoms with Crippen LogP contribution in [0.5, 0.6) is 5.75 Å². The quantitative estimate of drug-likeness (QED) is 0.500. The number of ether oxygens (including phenoxy) is 2. The molecule has 0 unspecified atom stereocenters. The Kier molecular flexibility index (Phi) is 7.70. The molecule has 2 aromatic carbocycles. The number of halogens is 1. The van der Waals surface area contributed by atoms with E-state index < -0.39 is 0 Å². The van der Waals surface area contributed by atoms with E-state index in [1.54, 1.807) is 37.6 Å². The number of carbonyl (C=O) groups excluding carboxylic acids is 1. The maximum atomic E-state index is 13.5. The van der Waals surface area contributed by atoms with E-state index in [1.807, 2.05) is 27.8 Å². The van der Waals surface area contributed by atoms with E-state index in [9.17, 15) is 9.18 Å². The summed E-state index contributed by atoms with van der Waals surface area (Å²) >= 11 is 0. The Morgan fingerprint density at radius 2 is 1.97 bits per heavy atom. The first kappa shape index (κ1) is 22.9. The number of carbonyl (C=O) groups is 1. The molecular weight excluding hydrogens is 423 g/mol. The van der Waals surface area contributed by atoms with E-state index in [0.29, 0.717) is 44.2 Å². The van der Waals surface area contributed by atoms with Gasteiger partial charge in [-0.25, -0.2) is 9.37 Å². The molecule has 0 spiro atoms. The number of imidazole rings is 1. The van der Waals surface area contributed by atoms with Gasteiger partial charge in [-0.05, 0) is 35.9 Å². The summed E-state index contributed by atoms with van der Waals surface area (Å²) in [7, 11) is 1.59. The fourth-order valence-corrected chi connectivity index (χ4v) is 3.87. The molecule has 0 aliphatic carbocycles. The third kappa shape index (κ3) is 6.18. The Morgan fingerprint density at radius 3 is 2.73 bits per heavy atom. The highest BCUT2D eigenvalue weighted by atomic mass is 19.1. The summed E-state index contributed by atoms with van der Waals surface area (Å²) in [6.45, 7) is 5.41. The average Bonchev–Trinajstić information content (AvgIpc) is 3.29. The monoisotopic (exact) mass is 452 g/mol. The van der Waals surface area contributed by atoms with Gasteiger partial charge in [0.2, 0.25) is 0 Å². The molecule has 0 bridgehead atoms. The maximum absolute atomic E-state index is 13.5. The van der Waals surface area contributed by atoms with Crippen LogP contribution in [0.4, 0.5) is 4.39 Å². The van der Waals surface area contributed by atoms with Crippen molar-refractivity contribution >= 4 is 5.91 Å². The van der Waals surface area contributed by atoms with Crippen LogP contribution in [0.2, 0.25) is 0 Å². The molecule has 8 heteroatoms. The van der Waals surface area contributed by atoms with Crippen LogP contribution in [0.1, 0.15) is 21.7 Å². The highest BCUT2D eigenvalue weighted by Gasteiger charge is 2.21. The molecule has 174 valence electrons. The van der Waals surface area contributed by atoms with Crippen molar-refractivity contribution in [2.24, 2.45) is 0 Å². The molecule has 0 saturated carbocycles. The second kappa shape index (κ2) is 11.1. The Bertz CT molecular complexity index is 1050. The number of morpholine rings is 1. The van der Waals surface area contributed by atoms with E-state index in [1.165, 1.54) is 12.1 Å². The molecule has 1 aliphatic rings. The standard InChI is InChI=1S/C25H29FN4O3/c1-32-23-4-2-3-21(17-23)25(31)30(12-11-28-13-15-33-16-14-28)19-24-27-9-10-29(24)18-20-5-7-22(26)8-6-20/h2-10,17H,11-16,18-19H2,1H3. The van der Waals surface area contributed by atoms with E-state index in [-0.39, 0.29) is 11.7 Å². The maximum Gasteiger partial charge on any atom is 0.254 e. The first-order chi connectivity index (χ1) is 16.1. The van der Waals surface area contributed by atoms with Crippen molar-refractivity contribution in [2.75, 3.05) is 46.5 Å². The van der Waals surface area contributed by atoms with Crippen LogP contribution in [0.15, 0.2) is 60.9 Å². The fourth-order valence-electron chi connectivity index (χ4n) is 3.87. The summed E-state index contributed by atoms with van der Waals surface area (Å²) in [4.78, 5) is 22.1. The van der Waals surface area contributed by atoms with Crippen LogP contribution in [0.3, 0.4) is 0 Å². The molecule has 1 saturated heterocycles. The van der Waals surface area contributed by atoms with Crippen molar-refractivity contribution in [3.05, 3.63) is 83.7 Å². The number of nitrogens with zero attached hydrogens (tertiary/aromatic N) is 4. The van der Waals surface area contributed by atoms with Crippen LogP contribution in [0, 0.1) is 5.82 Å². The zero-order valence-electron chi connectivity index (χ0n) is 18.8. The van der Waals surface area contributed by atoms with Gasteiger partial charge in [0.15, 0.2) is 0 Å². The topological polar surface area (TPSA) is 59.8 Å². The second-order valence-corrected chi connectivity index (χ2v) is 8.01. The third-order valence-electron chi connectivity index (χ3n) is 5.79. The number of amides is 1. The first-order valence-corrected chi connectivity index (χ1v) is 11.1. The number of benzene rings is 2. The summed E-state index contributed by atoms with van der Waals surface area (Å²) in [5.41, 5.74) is 1.54. The molecule has 4 rings (SSSR count). The molecule has 1 amide bonds. The molecule has 0 N–H and O–H groups in total. The lowest BCUT2D eigenvalue weighted by Crippen LogP contribution is -2.43. The smallest absolute Gasteiger partial charge is 0.254 e. The average molecular weight is 453 g/mol. The van der Waals surface area contributed by atoms with Crippen LogP contribution < -0.4 is 4.74 Å². The lowest BCUT2D eigenvalue weighted by molar-refractivity contribution is 0.0318. The summed E-state index contributed by atoms with van der Waals surface area (Å²) in [5.74, 6) is 1.09. The highest BCUT2D eigenvalue weighted by molar-refractivity contribution is 5.94. The van der Waals surface area contributed by atoms with Crippen LogP contribution >= 0.6 is 0 Å². The summed E-state index contributed by atoms with van der Waals surface area (Å²) in [5, 5.41) is 0. The van der Waals surface area contributed by atoms with Gasteiger partial charge in [-0.3, -0.25) is 9.69 Å². The Balaban J connectivity index is 1.52. The lowest BCUT2D eigenvalue weighted by Gasteiger charge is -2.30. The molecule has 7 nitrogen and oxygen atoms in total. The van der Waals surface area contributed by atoms with Crippen LogP contribution in [-0.2, 0) is 17.8 Å². The van der Waals surface area contributed by atoms with Gasteiger partial charge in [0.1, 0.15) is 17.4 Å². The number of methoxy groups -OCH3 is 1. The summed E-state index contributed by atoms with van der Waals surface area (Å²) in [6, 6.07) is 13.6. The van der Waals surface area contributed by atoms with Crippen molar-refractivity contribution < 1.29 is 18.7 Å². The van der Waals surface area contributed by atoms with Gasteiger partial charge >= 0.3 is 0 Å².